The summed E-state index contributed by atoms with van der Waals surface area (Å²) in [5, 5.41) is 6.31. The zero-order valence-electron chi connectivity index (χ0n) is 10.4. The van der Waals surface area contributed by atoms with Crippen LogP contribution in [0.1, 0.15) is 17.8 Å². The summed E-state index contributed by atoms with van der Waals surface area (Å²) in [5.74, 6) is 0. The van der Waals surface area contributed by atoms with Gasteiger partial charge in [-0.05, 0) is 19.1 Å². The first-order chi connectivity index (χ1) is 8.90. The highest BCUT2D eigenvalue weighted by molar-refractivity contribution is 8.00. The molecule has 1 aliphatic rings. The average Bonchev–Trinajstić information content (AvgIpc) is 2.88. The second-order valence-corrected chi connectivity index (χ2v) is 6.70. The van der Waals surface area contributed by atoms with Crippen molar-refractivity contribution in [3.63, 3.8) is 0 Å². The zero-order chi connectivity index (χ0) is 14.1. The SMILES string of the molecule is CSC1(CN)CCN(c2nnc(C(F)(F)F)s2)CC1. The van der Waals surface area contributed by atoms with Gasteiger partial charge in [0, 0.05) is 24.4 Å². The average molecular weight is 312 g/mol. The fourth-order valence-corrected chi connectivity index (χ4v) is 3.58. The smallest absolute Gasteiger partial charge is 0.347 e. The van der Waals surface area contributed by atoms with Crippen LogP contribution in [-0.2, 0) is 6.18 Å². The van der Waals surface area contributed by atoms with E-state index in [4.69, 9.17) is 5.73 Å². The Morgan fingerprint density at radius 2 is 2.00 bits per heavy atom. The highest BCUT2D eigenvalue weighted by Crippen LogP contribution is 2.38. The van der Waals surface area contributed by atoms with Crippen LogP contribution in [0.4, 0.5) is 18.3 Å². The molecule has 2 N–H and O–H groups in total. The lowest BCUT2D eigenvalue weighted by atomic mass is 9.96. The van der Waals surface area contributed by atoms with Crippen molar-refractivity contribution >= 4 is 28.2 Å². The number of hydrogen-bond donors (Lipinski definition) is 1. The summed E-state index contributed by atoms with van der Waals surface area (Å²) in [6, 6.07) is 0. The predicted molar refractivity (Wildman–Crippen MR) is 71.7 cm³/mol. The molecule has 1 saturated heterocycles. The number of piperidine rings is 1. The van der Waals surface area contributed by atoms with E-state index in [2.05, 4.69) is 10.2 Å². The maximum absolute atomic E-state index is 12.5. The summed E-state index contributed by atoms with van der Waals surface area (Å²) in [7, 11) is 0. The topological polar surface area (TPSA) is 55.0 Å². The molecule has 0 aromatic carbocycles. The summed E-state index contributed by atoms with van der Waals surface area (Å²) in [5.41, 5.74) is 5.78. The second-order valence-electron chi connectivity index (χ2n) is 4.47. The maximum atomic E-state index is 12.5. The first kappa shape index (κ1) is 14.9. The van der Waals surface area contributed by atoms with Crippen molar-refractivity contribution < 1.29 is 13.2 Å². The van der Waals surface area contributed by atoms with Crippen LogP contribution in [-0.4, -0.2) is 40.8 Å². The summed E-state index contributed by atoms with van der Waals surface area (Å²) in [6.45, 7) is 1.93. The van der Waals surface area contributed by atoms with E-state index in [9.17, 15) is 13.2 Å². The predicted octanol–water partition coefficient (Wildman–Crippen LogP) is 2.22. The van der Waals surface area contributed by atoms with Crippen LogP contribution in [0.25, 0.3) is 0 Å². The van der Waals surface area contributed by atoms with E-state index in [0.29, 0.717) is 36.1 Å². The van der Waals surface area contributed by atoms with E-state index in [1.807, 2.05) is 11.2 Å². The molecule has 0 atom stereocenters. The van der Waals surface area contributed by atoms with Crippen molar-refractivity contribution in [2.45, 2.75) is 23.8 Å². The van der Waals surface area contributed by atoms with Gasteiger partial charge in [-0.3, -0.25) is 0 Å². The van der Waals surface area contributed by atoms with Crippen LogP contribution >= 0.6 is 23.1 Å². The summed E-state index contributed by atoms with van der Waals surface area (Å²) >= 11 is 2.34. The molecule has 2 heterocycles. The first-order valence-electron chi connectivity index (χ1n) is 5.81. The van der Waals surface area contributed by atoms with Crippen molar-refractivity contribution in [3.8, 4) is 0 Å². The molecule has 19 heavy (non-hydrogen) atoms. The van der Waals surface area contributed by atoms with E-state index < -0.39 is 11.2 Å². The number of alkyl halides is 3. The number of anilines is 1. The number of nitrogens with two attached hydrogens (primary N) is 1. The van der Waals surface area contributed by atoms with Crippen molar-refractivity contribution in [2.75, 3.05) is 30.8 Å². The number of hydrogen-bond acceptors (Lipinski definition) is 6. The summed E-state index contributed by atoms with van der Waals surface area (Å²) in [4.78, 5) is 1.86. The van der Waals surface area contributed by atoms with E-state index >= 15 is 0 Å². The molecule has 1 aromatic heterocycles. The third-order valence-corrected chi connectivity index (χ3v) is 5.88. The minimum absolute atomic E-state index is 0.0496. The highest BCUT2D eigenvalue weighted by Gasteiger charge is 2.38. The minimum Gasteiger partial charge on any atom is -0.347 e. The van der Waals surface area contributed by atoms with Crippen LogP contribution < -0.4 is 10.6 Å². The van der Waals surface area contributed by atoms with E-state index in [1.165, 1.54) is 0 Å². The molecule has 0 amide bonds. The van der Waals surface area contributed by atoms with Crippen molar-refractivity contribution in [1.82, 2.24) is 10.2 Å². The van der Waals surface area contributed by atoms with Gasteiger partial charge in [-0.1, -0.05) is 11.3 Å². The van der Waals surface area contributed by atoms with E-state index in [0.717, 1.165) is 12.8 Å². The third-order valence-electron chi connectivity index (χ3n) is 3.41. The molecule has 9 heteroatoms. The molecule has 0 bridgehead atoms. The standard InChI is InChI=1S/C10H15F3N4S2/c1-18-9(6-14)2-4-17(5-3-9)8-16-15-7(19-8)10(11,12)13/h2-6,14H2,1H3. The van der Waals surface area contributed by atoms with E-state index in [1.54, 1.807) is 11.8 Å². The van der Waals surface area contributed by atoms with Gasteiger partial charge < -0.3 is 10.6 Å². The van der Waals surface area contributed by atoms with Gasteiger partial charge in [0.2, 0.25) is 10.1 Å². The molecule has 0 aliphatic carbocycles. The van der Waals surface area contributed by atoms with Gasteiger partial charge >= 0.3 is 6.18 Å². The lowest BCUT2D eigenvalue weighted by Crippen LogP contribution is -2.46. The Kier molecular flexibility index (Phi) is 4.26. The van der Waals surface area contributed by atoms with Crippen LogP contribution in [0.2, 0.25) is 0 Å². The zero-order valence-corrected chi connectivity index (χ0v) is 12.0. The van der Waals surface area contributed by atoms with Gasteiger partial charge in [0.15, 0.2) is 0 Å². The number of rotatable bonds is 3. The van der Waals surface area contributed by atoms with Gasteiger partial charge in [-0.15, -0.1) is 10.2 Å². The minimum atomic E-state index is -4.41. The molecule has 0 spiro atoms. The monoisotopic (exact) mass is 312 g/mol. The molecule has 2 rings (SSSR count). The van der Waals surface area contributed by atoms with Gasteiger partial charge in [-0.25, -0.2) is 0 Å². The molecule has 1 aliphatic heterocycles. The molecule has 4 nitrogen and oxygen atoms in total. The van der Waals surface area contributed by atoms with Gasteiger partial charge in [0.05, 0.1) is 0 Å². The van der Waals surface area contributed by atoms with Gasteiger partial charge in [0.1, 0.15) is 0 Å². The van der Waals surface area contributed by atoms with Crippen molar-refractivity contribution in [2.24, 2.45) is 5.73 Å². The largest absolute Gasteiger partial charge is 0.445 e. The quantitative estimate of drug-likeness (QED) is 0.927. The van der Waals surface area contributed by atoms with Gasteiger partial charge in [-0.2, -0.15) is 24.9 Å². The lowest BCUT2D eigenvalue weighted by molar-refractivity contribution is -0.138. The number of thioether (sulfide) groups is 1. The molecule has 108 valence electrons. The Balaban J connectivity index is 2.04. The Morgan fingerprint density at radius 3 is 2.42 bits per heavy atom. The van der Waals surface area contributed by atoms with Crippen LogP contribution in [0.3, 0.4) is 0 Å². The number of aromatic nitrogens is 2. The Labute approximate surface area is 117 Å². The van der Waals surface area contributed by atoms with Crippen LogP contribution in [0.15, 0.2) is 0 Å². The summed E-state index contributed by atoms with van der Waals surface area (Å²) < 4.78 is 37.5. The Hall–Kier alpha value is -0.540. The molecule has 1 aromatic rings. The normalized spacial score (nSPS) is 19.7. The van der Waals surface area contributed by atoms with Crippen LogP contribution in [0, 0.1) is 0 Å². The number of halogens is 3. The Morgan fingerprint density at radius 1 is 1.37 bits per heavy atom. The third kappa shape index (κ3) is 3.14. The molecular weight excluding hydrogens is 297 g/mol. The fourth-order valence-electron chi connectivity index (χ4n) is 2.05. The summed E-state index contributed by atoms with van der Waals surface area (Å²) in [6.07, 6.45) is -0.682. The molecule has 0 unspecified atom stereocenters. The van der Waals surface area contributed by atoms with E-state index in [-0.39, 0.29) is 4.75 Å². The Bertz CT molecular complexity index is 421. The highest BCUT2D eigenvalue weighted by atomic mass is 32.2. The molecule has 0 radical (unpaired) electrons. The molecular formula is C10H15F3N4S2. The maximum Gasteiger partial charge on any atom is 0.445 e. The van der Waals surface area contributed by atoms with Crippen molar-refractivity contribution in [3.05, 3.63) is 5.01 Å². The lowest BCUT2D eigenvalue weighted by Gasteiger charge is -2.39. The first-order valence-corrected chi connectivity index (χ1v) is 7.85. The second kappa shape index (κ2) is 5.45. The van der Waals surface area contributed by atoms with Gasteiger partial charge in [0.25, 0.3) is 0 Å². The fraction of sp³-hybridized carbons (Fsp3) is 0.800. The number of nitrogens with zero attached hydrogens (tertiary/aromatic N) is 3. The molecule has 0 saturated carbocycles. The van der Waals surface area contributed by atoms with Crippen LogP contribution in [0.5, 0.6) is 0 Å². The molecule has 1 fully saturated rings. The van der Waals surface area contributed by atoms with Crippen molar-refractivity contribution in [1.29, 1.82) is 0 Å².